The molecule has 0 unspecified atom stereocenters. The van der Waals surface area contributed by atoms with Crippen molar-refractivity contribution in [2.45, 2.75) is 39.2 Å². The molecule has 2 aromatic carbocycles. The van der Waals surface area contributed by atoms with Crippen LogP contribution in [0.4, 0.5) is 5.69 Å². The van der Waals surface area contributed by atoms with Gasteiger partial charge in [0.15, 0.2) is 0 Å². The number of carbonyl (C=O) groups is 2. The molecule has 0 spiro atoms. The monoisotopic (exact) mass is 379 g/mol. The van der Waals surface area contributed by atoms with Crippen molar-refractivity contribution in [3.05, 3.63) is 64.2 Å². The van der Waals surface area contributed by atoms with E-state index in [2.05, 4.69) is 23.1 Å². The lowest BCUT2D eigenvalue weighted by molar-refractivity contribution is -0.132. The third-order valence-electron chi connectivity index (χ3n) is 5.16. The molecule has 0 amide bonds. The molecule has 2 aromatic rings. The van der Waals surface area contributed by atoms with E-state index in [9.17, 15) is 9.59 Å². The van der Waals surface area contributed by atoms with E-state index in [-0.39, 0.29) is 5.57 Å². The average Bonchev–Trinajstić information content (AvgIpc) is 2.69. The number of aryl methyl sites for hydroxylation is 2. The molecule has 5 nitrogen and oxygen atoms in total. The van der Waals surface area contributed by atoms with Crippen LogP contribution in [-0.4, -0.2) is 24.6 Å². The van der Waals surface area contributed by atoms with Crippen molar-refractivity contribution < 1.29 is 19.4 Å². The largest absolute Gasteiger partial charge is 0.478 e. The van der Waals surface area contributed by atoms with Crippen molar-refractivity contribution in [1.82, 2.24) is 0 Å². The minimum atomic E-state index is -1.01. The van der Waals surface area contributed by atoms with Crippen molar-refractivity contribution in [2.24, 2.45) is 0 Å². The van der Waals surface area contributed by atoms with E-state index in [1.54, 1.807) is 12.1 Å². The second-order valence-corrected chi connectivity index (χ2v) is 7.23. The lowest BCUT2D eigenvalue weighted by Gasteiger charge is -2.22. The highest BCUT2D eigenvalue weighted by molar-refractivity contribution is 5.92. The molecule has 1 N–H and O–H groups in total. The molecule has 0 radical (unpaired) electrons. The summed E-state index contributed by atoms with van der Waals surface area (Å²) in [6.07, 6.45) is 6.34. The van der Waals surface area contributed by atoms with Crippen LogP contribution in [0.2, 0.25) is 0 Å². The molecule has 0 saturated heterocycles. The zero-order valence-corrected chi connectivity index (χ0v) is 16.3. The summed E-state index contributed by atoms with van der Waals surface area (Å²) >= 11 is 0. The summed E-state index contributed by atoms with van der Waals surface area (Å²) in [6.45, 7) is 2.59. The van der Waals surface area contributed by atoms with Crippen LogP contribution in [-0.2, 0) is 29.0 Å². The highest BCUT2D eigenvalue weighted by Gasteiger charge is 2.12. The van der Waals surface area contributed by atoms with Crippen LogP contribution in [0.1, 0.15) is 42.0 Å². The molecule has 3 rings (SSSR count). The van der Waals surface area contributed by atoms with E-state index in [1.807, 2.05) is 13.1 Å². The number of nitrogens with zero attached hydrogens (tertiary/aromatic N) is 1. The Morgan fingerprint density at radius 1 is 1.14 bits per heavy atom. The quantitative estimate of drug-likeness (QED) is 0.576. The normalized spacial score (nSPS) is 13.6. The number of hydrogen-bond donors (Lipinski definition) is 1. The van der Waals surface area contributed by atoms with Crippen molar-refractivity contribution in [3.8, 4) is 5.75 Å². The average molecular weight is 379 g/mol. The van der Waals surface area contributed by atoms with Gasteiger partial charge in [0, 0.05) is 36.5 Å². The Morgan fingerprint density at radius 2 is 1.89 bits per heavy atom. The maximum Gasteiger partial charge on any atom is 0.331 e. The number of carbonyl (C=O) groups excluding carboxylic acids is 1. The molecule has 1 aliphatic rings. The summed E-state index contributed by atoms with van der Waals surface area (Å²) in [5, 5.41) is 9.07. The summed E-state index contributed by atoms with van der Waals surface area (Å²) in [4.78, 5) is 24.0. The standard InChI is InChI=1S/C23H25NO4/c1-16(23(26)27)11-20-9-10-21(13-22(20)28-15-25)24(2)14-17-7-8-18-5-3-4-6-19(18)12-17/h7-13,15H,3-6,14H2,1-2H3,(H,26,27)/b16-11+. The van der Waals surface area contributed by atoms with E-state index in [1.165, 1.54) is 49.0 Å². The number of rotatable bonds is 7. The Labute approximate surface area is 165 Å². The van der Waals surface area contributed by atoms with Gasteiger partial charge in [-0.05, 0) is 67.5 Å². The minimum Gasteiger partial charge on any atom is -0.478 e. The predicted octanol–water partition coefficient (Wildman–Crippen LogP) is 4.22. The molecular formula is C23H25NO4. The number of carboxylic acids is 1. The number of fused-ring (bicyclic) bond motifs is 1. The molecule has 0 saturated carbocycles. The fourth-order valence-electron chi connectivity index (χ4n) is 3.58. The zero-order valence-electron chi connectivity index (χ0n) is 16.3. The molecule has 0 aliphatic heterocycles. The van der Waals surface area contributed by atoms with E-state index < -0.39 is 5.97 Å². The van der Waals surface area contributed by atoms with Gasteiger partial charge in [-0.25, -0.2) is 4.79 Å². The summed E-state index contributed by atoms with van der Waals surface area (Å²) in [6, 6.07) is 12.1. The Morgan fingerprint density at radius 3 is 2.61 bits per heavy atom. The van der Waals surface area contributed by atoms with E-state index in [4.69, 9.17) is 9.84 Å². The first-order chi connectivity index (χ1) is 13.5. The first-order valence-corrected chi connectivity index (χ1v) is 9.45. The fraction of sp³-hybridized carbons (Fsp3) is 0.304. The first kappa shape index (κ1) is 19.7. The van der Waals surface area contributed by atoms with Gasteiger partial charge in [0.2, 0.25) is 0 Å². The van der Waals surface area contributed by atoms with Crippen molar-refractivity contribution in [1.29, 1.82) is 0 Å². The van der Waals surface area contributed by atoms with Crippen LogP contribution < -0.4 is 9.64 Å². The Bertz CT molecular complexity index is 917. The molecule has 28 heavy (non-hydrogen) atoms. The van der Waals surface area contributed by atoms with Gasteiger partial charge in [-0.2, -0.15) is 0 Å². The molecule has 146 valence electrons. The highest BCUT2D eigenvalue weighted by atomic mass is 16.5. The summed E-state index contributed by atoms with van der Waals surface area (Å²) < 4.78 is 5.09. The third-order valence-corrected chi connectivity index (χ3v) is 5.16. The van der Waals surface area contributed by atoms with Gasteiger partial charge >= 0.3 is 5.97 Å². The van der Waals surface area contributed by atoms with Gasteiger partial charge in [0.1, 0.15) is 5.75 Å². The number of anilines is 1. The predicted molar refractivity (Wildman–Crippen MR) is 110 cm³/mol. The lowest BCUT2D eigenvalue weighted by Crippen LogP contribution is -2.17. The van der Waals surface area contributed by atoms with E-state index in [0.717, 1.165) is 18.7 Å². The first-order valence-electron chi connectivity index (χ1n) is 9.45. The smallest absolute Gasteiger partial charge is 0.331 e. The van der Waals surface area contributed by atoms with Crippen LogP contribution in [0.5, 0.6) is 5.75 Å². The Hall–Kier alpha value is -3.08. The van der Waals surface area contributed by atoms with Gasteiger partial charge in [0.05, 0.1) is 0 Å². The van der Waals surface area contributed by atoms with Crippen molar-refractivity contribution in [3.63, 3.8) is 0 Å². The Balaban J connectivity index is 1.82. The van der Waals surface area contributed by atoms with Crippen LogP contribution in [0.15, 0.2) is 42.0 Å². The van der Waals surface area contributed by atoms with Crippen molar-refractivity contribution in [2.75, 3.05) is 11.9 Å². The summed E-state index contributed by atoms with van der Waals surface area (Å²) in [5.41, 5.74) is 5.77. The summed E-state index contributed by atoms with van der Waals surface area (Å²) in [7, 11) is 1.98. The fourth-order valence-corrected chi connectivity index (χ4v) is 3.58. The number of carboxylic acid groups (broad SMARTS) is 1. The van der Waals surface area contributed by atoms with Gasteiger partial charge in [-0.1, -0.05) is 18.2 Å². The molecule has 0 bridgehead atoms. The van der Waals surface area contributed by atoms with Gasteiger partial charge in [0.25, 0.3) is 6.47 Å². The van der Waals surface area contributed by atoms with Crippen molar-refractivity contribution >= 4 is 24.2 Å². The number of ether oxygens (including phenoxy) is 1. The summed E-state index contributed by atoms with van der Waals surface area (Å²) in [5.74, 6) is -0.670. The van der Waals surface area contributed by atoms with Gasteiger partial charge in [-0.15, -0.1) is 0 Å². The molecule has 5 heteroatoms. The number of aliphatic carboxylic acids is 1. The number of hydrogen-bond acceptors (Lipinski definition) is 4. The Kier molecular flexibility index (Phi) is 6.14. The topological polar surface area (TPSA) is 66.8 Å². The molecule has 0 atom stereocenters. The van der Waals surface area contributed by atoms with Gasteiger partial charge < -0.3 is 14.7 Å². The minimum absolute atomic E-state index is 0.172. The second-order valence-electron chi connectivity index (χ2n) is 7.23. The van der Waals surface area contributed by atoms with Crippen LogP contribution in [0.3, 0.4) is 0 Å². The lowest BCUT2D eigenvalue weighted by atomic mass is 9.90. The van der Waals surface area contributed by atoms with Gasteiger partial charge in [-0.3, -0.25) is 4.79 Å². The highest BCUT2D eigenvalue weighted by Crippen LogP contribution is 2.29. The molecule has 0 aromatic heterocycles. The SMILES string of the molecule is C/C(=C\c1ccc(N(C)Cc2ccc3c(c2)CCCC3)cc1OC=O)C(=O)O. The van der Waals surface area contributed by atoms with Crippen LogP contribution in [0, 0.1) is 0 Å². The molecular weight excluding hydrogens is 354 g/mol. The van der Waals surface area contributed by atoms with E-state index >= 15 is 0 Å². The molecule has 0 fully saturated rings. The number of benzene rings is 2. The molecule has 1 aliphatic carbocycles. The van der Waals surface area contributed by atoms with Crippen LogP contribution in [0.25, 0.3) is 6.08 Å². The van der Waals surface area contributed by atoms with Crippen LogP contribution >= 0.6 is 0 Å². The van der Waals surface area contributed by atoms with E-state index in [0.29, 0.717) is 17.8 Å². The maximum atomic E-state index is 11.1. The zero-order chi connectivity index (χ0) is 20.1. The second kappa shape index (κ2) is 8.74. The maximum absolute atomic E-state index is 11.1. The molecule has 0 heterocycles. The third kappa shape index (κ3) is 4.60.